The Hall–Kier alpha value is -3.26. The molecule has 1 aromatic carbocycles. The fourth-order valence-corrected chi connectivity index (χ4v) is 3.34. The molecular weight excluding hydrogens is 379 g/mol. The number of pyridine rings is 1. The number of rotatable bonds is 7. The lowest BCUT2D eigenvalue weighted by atomic mass is 9.96. The molecule has 0 aliphatic carbocycles. The van der Waals surface area contributed by atoms with E-state index in [9.17, 15) is 19.1 Å². The van der Waals surface area contributed by atoms with Gasteiger partial charge >= 0.3 is 0 Å². The number of aliphatic hydroxyl groups is 1. The van der Waals surface area contributed by atoms with Crippen molar-refractivity contribution in [1.82, 2.24) is 9.88 Å². The van der Waals surface area contributed by atoms with Gasteiger partial charge in [0.1, 0.15) is 5.76 Å². The third-order valence-electron chi connectivity index (χ3n) is 4.71. The molecule has 2 heterocycles. The minimum absolute atomic E-state index is 0.00498. The summed E-state index contributed by atoms with van der Waals surface area (Å²) in [5.74, 6) is -2.70. The first kappa shape index (κ1) is 20.5. The van der Waals surface area contributed by atoms with Crippen molar-refractivity contribution in [3.8, 4) is 5.75 Å². The van der Waals surface area contributed by atoms with Gasteiger partial charge in [-0.05, 0) is 36.2 Å². The highest BCUT2D eigenvalue weighted by atomic mass is 19.1. The number of likely N-dealkylation sites (tertiary alicyclic amines) is 1. The third-order valence-corrected chi connectivity index (χ3v) is 4.71. The first-order valence-corrected chi connectivity index (χ1v) is 9.00. The topological polar surface area (TPSA) is 89.0 Å². The Kier molecular flexibility index (Phi) is 6.23. The van der Waals surface area contributed by atoms with Crippen LogP contribution in [0.15, 0.2) is 48.3 Å². The molecule has 1 atom stereocenters. The van der Waals surface area contributed by atoms with E-state index in [0.717, 1.165) is 6.07 Å². The van der Waals surface area contributed by atoms with E-state index in [2.05, 4.69) is 4.98 Å². The molecule has 1 saturated heterocycles. The zero-order valence-corrected chi connectivity index (χ0v) is 16.1. The second kappa shape index (κ2) is 8.83. The molecule has 8 heteroatoms. The summed E-state index contributed by atoms with van der Waals surface area (Å²) >= 11 is 0. The van der Waals surface area contributed by atoms with Gasteiger partial charge in [-0.3, -0.25) is 14.6 Å². The predicted octanol–water partition coefficient (Wildman–Crippen LogP) is 2.69. The SMILES string of the molecule is COCCCN1C(=O)C(=O)/C(=C(/O)c2ccc(OC)c(F)c2)C1c1cccnc1. The number of hydrogen-bond acceptors (Lipinski definition) is 6. The van der Waals surface area contributed by atoms with E-state index in [1.165, 1.54) is 30.3 Å². The Morgan fingerprint density at radius 3 is 2.69 bits per heavy atom. The fourth-order valence-electron chi connectivity index (χ4n) is 3.34. The van der Waals surface area contributed by atoms with Gasteiger partial charge in [0.2, 0.25) is 0 Å². The van der Waals surface area contributed by atoms with Crippen LogP contribution in [0.3, 0.4) is 0 Å². The van der Waals surface area contributed by atoms with Crippen molar-refractivity contribution in [2.45, 2.75) is 12.5 Å². The second-order valence-electron chi connectivity index (χ2n) is 6.47. The van der Waals surface area contributed by atoms with Gasteiger partial charge in [0.15, 0.2) is 11.6 Å². The standard InChI is InChI=1S/C21H21FN2O5/c1-28-10-4-9-24-18(14-5-3-8-23-12-14)17(20(26)21(24)27)19(25)13-6-7-16(29-2)15(22)11-13/h3,5-8,11-12,18,25H,4,9-10H2,1-2H3/b19-17+. The van der Waals surface area contributed by atoms with Crippen molar-refractivity contribution in [3.05, 3.63) is 65.2 Å². The number of Topliss-reactive ketones (excluding diaryl/α,β-unsaturated/α-hetero) is 1. The van der Waals surface area contributed by atoms with Gasteiger partial charge in [-0.1, -0.05) is 6.07 Å². The summed E-state index contributed by atoms with van der Waals surface area (Å²) in [4.78, 5) is 30.9. The minimum Gasteiger partial charge on any atom is -0.507 e. The van der Waals surface area contributed by atoms with E-state index < -0.39 is 29.3 Å². The molecule has 1 aromatic heterocycles. The number of carbonyl (C=O) groups excluding carboxylic acids is 2. The third kappa shape index (κ3) is 3.97. The van der Waals surface area contributed by atoms with Crippen LogP contribution in [0.1, 0.15) is 23.6 Å². The lowest BCUT2D eigenvalue weighted by molar-refractivity contribution is -0.140. The number of nitrogens with zero attached hydrogens (tertiary/aromatic N) is 2. The van der Waals surface area contributed by atoms with Crippen LogP contribution in [0.2, 0.25) is 0 Å². The normalized spacial score (nSPS) is 18.3. The van der Waals surface area contributed by atoms with Gasteiger partial charge in [-0.15, -0.1) is 0 Å². The minimum atomic E-state index is -0.829. The van der Waals surface area contributed by atoms with Crippen molar-refractivity contribution in [2.75, 3.05) is 27.4 Å². The summed E-state index contributed by atoms with van der Waals surface area (Å²) in [5.41, 5.74) is 0.539. The number of amides is 1. The van der Waals surface area contributed by atoms with Crippen molar-refractivity contribution in [1.29, 1.82) is 0 Å². The fraction of sp³-hybridized carbons (Fsp3) is 0.286. The van der Waals surface area contributed by atoms with Crippen LogP contribution in [-0.4, -0.2) is 54.1 Å². The quantitative estimate of drug-likeness (QED) is 0.333. The maximum absolute atomic E-state index is 14.1. The second-order valence-corrected chi connectivity index (χ2v) is 6.47. The van der Waals surface area contributed by atoms with Crippen LogP contribution in [0.5, 0.6) is 5.75 Å². The summed E-state index contributed by atoms with van der Waals surface area (Å²) in [6, 6.07) is 6.40. The molecule has 1 fully saturated rings. The Morgan fingerprint density at radius 2 is 2.07 bits per heavy atom. The molecule has 1 N–H and O–H groups in total. The number of ether oxygens (including phenoxy) is 2. The number of benzene rings is 1. The zero-order valence-electron chi connectivity index (χ0n) is 16.1. The molecule has 0 spiro atoms. The maximum atomic E-state index is 14.1. The molecular formula is C21H21FN2O5. The molecule has 2 aromatic rings. The smallest absolute Gasteiger partial charge is 0.295 e. The van der Waals surface area contributed by atoms with Crippen molar-refractivity contribution >= 4 is 17.4 Å². The lowest BCUT2D eigenvalue weighted by Gasteiger charge is -2.25. The maximum Gasteiger partial charge on any atom is 0.295 e. The Labute approximate surface area is 167 Å². The number of aliphatic hydroxyl groups excluding tert-OH is 1. The van der Waals surface area contributed by atoms with Crippen molar-refractivity contribution < 1.29 is 28.6 Å². The van der Waals surface area contributed by atoms with E-state index >= 15 is 0 Å². The predicted molar refractivity (Wildman–Crippen MR) is 103 cm³/mol. The number of halogens is 1. The number of methoxy groups -OCH3 is 2. The summed E-state index contributed by atoms with van der Waals surface area (Å²) in [6.45, 7) is 0.665. The molecule has 0 bridgehead atoms. The van der Waals surface area contributed by atoms with Crippen molar-refractivity contribution in [2.24, 2.45) is 0 Å². The molecule has 152 valence electrons. The van der Waals surface area contributed by atoms with Gasteiger partial charge in [0.05, 0.1) is 18.7 Å². The number of ketones is 1. The van der Waals surface area contributed by atoms with E-state index in [1.807, 2.05) is 0 Å². The van der Waals surface area contributed by atoms with Gasteiger partial charge < -0.3 is 19.5 Å². The highest BCUT2D eigenvalue weighted by molar-refractivity contribution is 6.46. The monoisotopic (exact) mass is 400 g/mol. The molecule has 29 heavy (non-hydrogen) atoms. The van der Waals surface area contributed by atoms with Crippen LogP contribution in [0, 0.1) is 5.82 Å². The Bertz CT molecular complexity index is 945. The Balaban J connectivity index is 2.11. The number of carbonyl (C=O) groups is 2. The Morgan fingerprint density at radius 1 is 1.28 bits per heavy atom. The van der Waals surface area contributed by atoms with E-state index in [4.69, 9.17) is 9.47 Å². The van der Waals surface area contributed by atoms with Crippen molar-refractivity contribution in [3.63, 3.8) is 0 Å². The molecule has 1 unspecified atom stereocenters. The molecule has 3 rings (SSSR count). The molecule has 0 radical (unpaired) electrons. The van der Waals surface area contributed by atoms with Crippen LogP contribution in [0.25, 0.3) is 5.76 Å². The highest BCUT2D eigenvalue weighted by Crippen LogP contribution is 2.39. The van der Waals surface area contributed by atoms with Gasteiger partial charge in [0, 0.05) is 38.2 Å². The average molecular weight is 400 g/mol. The van der Waals surface area contributed by atoms with Crippen LogP contribution < -0.4 is 4.74 Å². The molecule has 1 aliphatic rings. The largest absolute Gasteiger partial charge is 0.507 e. The molecule has 7 nitrogen and oxygen atoms in total. The van der Waals surface area contributed by atoms with Gasteiger partial charge in [-0.25, -0.2) is 4.39 Å². The first-order chi connectivity index (χ1) is 14.0. The highest BCUT2D eigenvalue weighted by Gasteiger charge is 2.45. The van der Waals surface area contributed by atoms with Crippen LogP contribution in [-0.2, 0) is 14.3 Å². The van der Waals surface area contributed by atoms with E-state index in [1.54, 1.807) is 25.4 Å². The van der Waals surface area contributed by atoms with Gasteiger partial charge in [-0.2, -0.15) is 0 Å². The summed E-state index contributed by atoms with van der Waals surface area (Å²) in [6.07, 6.45) is 3.61. The van der Waals surface area contributed by atoms with Gasteiger partial charge in [0.25, 0.3) is 11.7 Å². The van der Waals surface area contributed by atoms with E-state index in [0.29, 0.717) is 18.6 Å². The van der Waals surface area contributed by atoms with Crippen LogP contribution in [0.4, 0.5) is 4.39 Å². The summed E-state index contributed by atoms with van der Waals surface area (Å²) in [7, 11) is 2.87. The summed E-state index contributed by atoms with van der Waals surface area (Å²) in [5, 5.41) is 10.8. The first-order valence-electron chi connectivity index (χ1n) is 9.00. The zero-order chi connectivity index (χ0) is 21.0. The number of aromatic nitrogens is 1. The molecule has 1 aliphatic heterocycles. The van der Waals surface area contributed by atoms with Crippen LogP contribution >= 0.6 is 0 Å². The lowest BCUT2D eigenvalue weighted by Crippen LogP contribution is -2.31. The number of hydrogen-bond donors (Lipinski definition) is 1. The van der Waals surface area contributed by atoms with E-state index in [-0.39, 0.29) is 23.4 Å². The molecule has 0 saturated carbocycles. The average Bonchev–Trinajstić information content (AvgIpc) is 2.99. The summed E-state index contributed by atoms with van der Waals surface area (Å²) < 4.78 is 24.0. The molecule has 1 amide bonds.